The molecule has 1 heterocycles. The fourth-order valence-electron chi connectivity index (χ4n) is 2.65. The van der Waals surface area contributed by atoms with Crippen molar-refractivity contribution in [2.45, 2.75) is 29.1 Å². The molecule has 0 aliphatic heterocycles. The number of H-pyrrole nitrogens is 1. The fraction of sp³-hybridized carbons (Fsp3) is 0.190. The minimum atomic E-state index is -0.268. The van der Waals surface area contributed by atoms with Crippen molar-refractivity contribution in [3.05, 3.63) is 81.8 Å². The molecule has 0 aliphatic carbocycles. The normalized spacial score (nSPS) is 10.6. The number of nitrogens with one attached hydrogen (secondary N) is 2. The lowest BCUT2D eigenvalue weighted by Crippen LogP contribution is -2.23. The van der Waals surface area contributed by atoms with Gasteiger partial charge in [-0.1, -0.05) is 48.2 Å². The Morgan fingerprint density at radius 3 is 2.64 bits per heavy atom. The molecule has 3 aromatic rings. The Balaban J connectivity index is 1.66. The van der Waals surface area contributed by atoms with Crippen LogP contribution in [0.1, 0.15) is 16.8 Å². The zero-order chi connectivity index (χ0) is 19.9. The van der Waals surface area contributed by atoms with Gasteiger partial charge in [0, 0.05) is 27.6 Å². The maximum Gasteiger partial charge on any atom is 0.255 e. The van der Waals surface area contributed by atoms with Crippen molar-refractivity contribution in [2.24, 2.45) is 0 Å². The number of anilines is 1. The van der Waals surface area contributed by atoms with Crippen molar-refractivity contribution in [1.82, 2.24) is 9.97 Å². The Kier molecular flexibility index (Phi) is 6.95. The van der Waals surface area contributed by atoms with Crippen molar-refractivity contribution in [3.63, 3.8) is 0 Å². The molecule has 2 N–H and O–H groups in total. The van der Waals surface area contributed by atoms with E-state index in [9.17, 15) is 9.59 Å². The van der Waals surface area contributed by atoms with Crippen LogP contribution in [0.2, 0.25) is 0 Å². The van der Waals surface area contributed by atoms with Crippen LogP contribution in [-0.2, 0) is 17.0 Å². The monoisotopic (exact) mass is 411 g/mol. The van der Waals surface area contributed by atoms with Crippen LogP contribution in [0.5, 0.6) is 0 Å². The van der Waals surface area contributed by atoms with E-state index in [4.69, 9.17) is 0 Å². The van der Waals surface area contributed by atoms with Gasteiger partial charge in [-0.15, -0.1) is 11.8 Å². The molecular weight excluding hydrogens is 390 g/mol. The number of aromatic nitrogens is 2. The Morgan fingerprint density at radius 2 is 1.93 bits per heavy atom. The van der Waals surface area contributed by atoms with E-state index in [0.717, 1.165) is 16.2 Å². The summed E-state index contributed by atoms with van der Waals surface area (Å²) in [6, 6.07) is 17.6. The lowest BCUT2D eigenvalue weighted by atomic mass is 10.1. The number of carbonyl (C=O) groups excluding carboxylic acids is 1. The molecule has 0 fully saturated rings. The third kappa shape index (κ3) is 5.50. The Labute approximate surface area is 172 Å². The van der Waals surface area contributed by atoms with Crippen LogP contribution in [0.4, 0.5) is 5.69 Å². The first kappa shape index (κ1) is 20.2. The Bertz CT molecular complexity index is 1020. The van der Waals surface area contributed by atoms with E-state index < -0.39 is 0 Å². The van der Waals surface area contributed by atoms with Crippen LogP contribution < -0.4 is 10.9 Å². The lowest BCUT2D eigenvalue weighted by Gasteiger charge is -2.09. The lowest BCUT2D eigenvalue weighted by molar-refractivity contribution is -0.115. The molecule has 144 valence electrons. The second kappa shape index (κ2) is 9.61. The van der Waals surface area contributed by atoms with Crippen LogP contribution in [-0.4, -0.2) is 22.1 Å². The van der Waals surface area contributed by atoms with Crippen molar-refractivity contribution < 1.29 is 4.79 Å². The molecule has 7 heteroatoms. The number of thioether (sulfide) groups is 2. The van der Waals surface area contributed by atoms with Crippen molar-refractivity contribution in [3.8, 4) is 0 Å². The summed E-state index contributed by atoms with van der Waals surface area (Å²) in [5.74, 6) is 0.479. The van der Waals surface area contributed by atoms with Crippen LogP contribution in [0, 0.1) is 6.92 Å². The Hall–Kier alpha value is -2.51. The molecule has 0 unspecified atom stereocenters. The standard InChI is InChI=1S/C21H21N3O2S2/c1-14-18(12-19(25)23-16-9-6-10-17(11-16)27-2)20(26)24-21(22-14)28-13-15-7-4-3-5-8-15/h3-11H,12-13H2,1-2H3,(H,23,25)(H,22,24,26). The summed E-state index contributed by atoms with van der Waals surface area (Å²) < 4.78 is 0. The number of aromatic amines is 1. The van der Waals surface area contributed by atoms with Gasteiger partial charge in [0.1, 0.15) is 0 Å². The highest BCUT2D eigenvalue weighted by Gasteiger charge is 2.13. The van der Waals surface area contributed by atoms with Gasteiger partial charge in [0.15, 0.2) is 5.16 Å². The SMILES string of the molecule is CSc1cccc(NC(=O)Cc2c(C)nc(SCc3ccccc3)[nH]c2=O)c1. The van der Waals surface area contributed by atoms with Crippen LogP contribution >= 0.6 is 23.5 Å². The Morgan fingerprint density at radius 1 is 1.14 bits per heavy atom. The predicted molar refractivity (Wildman–Crippen MR) is 116 cm³/mol. The third-order valence-electron chi connectivity index (χ3n) is 4.11. The number of benzene rings is 2. The molecule has 0 saturated carbocycles. The zero-order valence-electron chi connectivity index (χ0n) is 15.7. The summed E-state index contributed by atoms with van der Waals surface area (Å²) in [5.41, 5.74) is 2.57. The van der Waals surface area contributed by atoms with Gasteiger partial charge in [-0.05, 0) is 36.9 Å². The van der Waals surface area contributed by atoms with Gasteiger partial charge < -0.3 is 10.3 Å². The molecule has 0 aliphatic rings. The highest BCUT2D eigenvalue weighted by molar-refractivity contribution is 7.98. The zero-order valence-corrected chi connectivity index (χ0v) is 17.3. The largest absolute Gasteiger partial charge is 0.326 e. The summed E-state index contributed by atoms with van der Waals surface area (Å²) in [6.07, 6.45) is 1.97. The smallest absolute Gasteiger partial charge is 0.255 e. The number of rotatable bonds is 7. The molecular formula is C21H21N3O2S2. The van der Waals surface area contributed by atoms with E-state index in [2.05, 4.69) is 15.3 Å². The average Bonchev–Trinajstić information content (AvgIpc) is 2.70. The second-order valence-corrected chi connectivity index (χ2v) is 8.01. The molecule has 0 saturated heterocycles. The number of hydrogen-bond acceptors (Lipinski definition) is 5. The number of carbonyl (C=O) groups is 1. The number of hydrogen-bond donors (Lipinski definition) is 2. The van der Waals surface area contributed by atoms with Gasteiger partial charge >= 0.3 is 0 Å². The van der Waals surface area contributed by atoms with Crippen molar-refractivity contribution in [1.29, 1.82) is 0 Å². The summed E-state index contributed by atoms with van der Waals surface area (Å²) >= 11 is 3.07. The van der Waals surface area contributed by atoms with Crippen LogP contribution in [0.3, 0.4) is 0 Å². The summed E-state index contributed by atoms with van der Waals surface area (Å²) in [7, 11) is 0. The van der Waals surface area contributed by atoms with Crippen molar-refractivity contribution >= 4 is 35.1 Å². The molecule has 28 heavy (non-hydrogen) atoms. The van der Waals surface area contributed by atoms with E-state index in [-0.39, 0.29) is 17.9 Å². The van der Waals surface area contributed by atoms with E-state index in [1.54, 1.807) is 18.7 Å². The average molecular weight is 412 g/mol. The van der Waals surface area contributed by atoms with Gasteiger partial charge in [-0.25, -0.2) is 4.98 Å². The van der Waals surface area contributed by atoms with Crippen LogP contribution in [0.15, 0.2) is 69.4 Å². The van der Waals surface area contributed by atoms with Gasteiger partial charge in [0.2, 0.25) is 5.91 Å². The summed E-state index contributed by atoms with van der Waals surface area (Å²) in [4.78, 5) is 33.2. The first-order chi connectivity index (χ1) is 13.5. The molecule has 1 aromatic heterocycles. The van der Waals surface area contributed by atoms with Gasteiger partial charge in [0.25, 0.3) is 5.56 Å². The molecule has 5 nitrogen and oxygen atoms in total. The quantitative estimate of drug-likeness (QED) is 0.448. The maximum atomic E-state index is 12.5. The highest BCUT2D eigenvalue weighted by Crippen LogP contribution is 2.20. The number of aryl methyl sites for hydroxylation is 1. The molecule has 3 rings (SSSR count). The molecule has 0 radical (unpaired) electrons. The maximum absolute atomic E-state index is 12.5. The molecule has 1 amide bonds. The predicted octanol–water partition coefficient (Wildman–Crippen LogP) is 4.27. The third-order valence-corrected chi connectivity index (χ3v) is 5.78. The van der Waals surface area contributed by atoms with E-state index >= 15 is 0 Å². The van der Waals surface area contributed by atoms with Gasteiger partial charge in [-0.3, -0.25) is 9.59 Å². The second-order valence-electron chi connectivity index (χ2n) is 6.17. The molecule has 0 bridgehead atoms. The van der Waals surface area contributed by atoms with E-state index in [1.165, 1.54) is 11.8 Å². The highest BCUT2D eigenvalue weighted by atomic mass is 32.2. The minimum absolute atomic E-state index is 0.0126. The summed E-state index contributed by atoms with van der Waals surface area (Å²) in [5, 5.41) is 3.40. The van der Waals surface area contributed by atoms with E-state index in [0.29, 0.717) is 22.1 Å². The first-order valence-corrected chi connectivity index (χ1v) is 11.0. The number of nitrogens with zero attached hydrogens (tertiary/aromatic N) is 1. The van der Waals surface area contributed by atoms with Crippen LogP contribution in [0.25, 0.3) is 0 Å². The van der Waals surface area contributed by atoms with E-state index in [1.807, 2.05) is 60.9 Å². The molecule has 2 aromatic carbocycles. The topological polar surface area (TPSA) is 74.8 Å². The minimum Gasteiger partial charge on any atom is -0.326 e. The van der Waals surface area contributed by atoms with Gasteiger partial charge in [-0.2, -0.15) is 0 Å². The molecule has 0 spiro atoms. The number of amides is 1. The van der Waals surface area contributed by atoms with Gasteiger partial charge in [0.05, 0.1) is 6.42 Å². The summed E-state index contributed by atoms with van der Waals surface area (Å²) in [6.45, 7) is 1.76. The van der Waals surface area contributed by atoms with Crippen molar-refractivity contribution in [2.75, 3.05) is 11.6 Å². The fourth-order valence-corrected chi connectivity index (χ4v) is 3.98. The molecule has 0 atom stereocenters. The first-order valence-electron chi connectivity index (χ1n) is 8.75.